The van der Waals surface area contributed by atoms with Gasteiger partial charge in [0.15, 0.2) is 6.10 Å². The van der Waals surface area contributed by atoms with Crippen molar-refractivity contribution in [2.45, 2.75) is 32.8 Å². The molecule has 0 aromatic heterocycles. The third kappa shape index (κ3) is 4.99. The van der Waals surface area contributed by atoms with E-state index >= 15 is 0 Å². The highest BCUT2D eigenvalue weighted by Crippen LogP contribution is 2.11. The van der Waals surface area contributed by atoms with Crippen LogP contribution < -0.4 is 0 Å². The first kappa shape index (κ1) is 15.0. The van der Waals surface area contributed by atoms with Gasteiger partial charge in [-0.3, -0.25) is 0 Å². The van der Waals surface area contributed by atoms with Crippen molar-refractivity contribution in [3.63, 3.8) is 0 Å². The predicted octanol–water partition coefficient (Wildman–Crippen LogP) is 2.28. The smallest absolute Gasteiger partial charge is 0.347 e. The molecule has 0 aliphatic heterocycles. The van der Waals surface area contributed by atoms with Gasteiger partial charge in [-0.25, -0.2) is 9.59 Å². The average molecular weight is 266 g/mol. The largest absolute Gasteiger partial charge is 0.508 e. The molecule has 1 N–H and O–H groups in total. The Morgan fingerprint density at radius 1 is 1.26 bits per heavy atom. The van der Waals surface area contributed by atoms with Crippen molar-refractivity contribution < 1.29 is 24.2 Å². The van der Waals surface area contributed by atoms with Crippen LogP contribution in [-0.2, 0) is 14.3 Å². The minimum absolute atomic E-state index is 0.0589. The Labute approximate surface area is 112 Å². The number of phenols is 1. The van der Waals surface area contributed by atoms with Gasteiger partial charge in [-0.05, 0) is 37.6 Å². The van der Waals surface area contributed by atoms with Crippen molar-refractivity contribution in [1.29, 1.82) is 0 Å². The van der Waals surface area contributed by atoms with E-state index in [1.807, 2.05) is 6.92 Å². The average Bonchev–Trinajstić information content (AvgIpc) is 2.39. The lowest BCUT2D eigenvalue weighted by Crippen LogP contribution is -2.26. The molecule has 0 bridgehead atoms. The first-order valence-corrected chi connectivity index (χ1v) is 6.21. The maximum atomic E-state index is 11.7. The Balaban J connectivity index is 2.47. The molecule has 1 aromatic rings. The predicted molar refractivity (Wildman–Crippen MR) is 68.9 cm³/mol. The standard InChI is InChI=1S/C14H18O5/c1-3-4-9-18-13(16)10(2)19-14(17)11-5-7-12(15)8-6-11/h5-8,10,15H,3-4,9H2,1-2H3/t10-/m0/s1. The molecule has 5 nitrogen and oxygen atoms in total. The molecule has 0 aliphatic rings. The van der Waals surface area contributed by atoms with Crippen LogP contribution in [0.1, 0.15) is 37.0 Å². The third-order valence-corrected chi connectivity index (χ3v) is 2.46. The Morgan fingerprint density at radius 3 is 2.47 bits per heavy atom. The van der Waals surface area contributed by atoms with E-state index in [-0.39, 0.29) is 11.3 Å². The van der Waals surface area contributed by atoms with Crippen LogP contribution in [0.3, 0.4) is 0 Å². The normalized spacial score (nSPS) is 11.7. The van der Waals surface area contributed by atoms with Gasteiger partial charge in [0.2, 0.25) is 0 Å². The molecule has 0 radical (unpaired) electrons. The van der Waals surface area contributed by atoms with E-state index < -0.39 is 18.0 Å². The number of benzene rings is 1. The fourth-order valence-corrected chi connectivity index (χ4v) is 1.31. The Hall–Kier alpha value is -2.04. The maximum absolute atomic E-state index is 11.7. The van der Waals surface area contributed by atoms with Gasteiger partial charge >= 0.3 is 11.9 Å². The minimum Gasteiger partial charge on any atom is -0.508 e. The topological polar surface area (TPSA) is 72.8 Å². The number of hydrogen-bond acceptors (Lipinski definition) is 5. The van der Waals surface area contributed by atoms with Crippen molar-refractivity contribution in [3.05, 3.63) is 29.8 Å². The minimum atomic E-state index is -0.946. The monoisotopic (exact) mass is 266 g/mol. The first-order valence-electron chi connectivity index (χ1n) is 6.21. The quantitative estimate of drug-likeness (QED) is 0.631. The summed E-state index contributed by atoms with van der Waals surface area (Å²) in [5, 5.41) is 9.10. The SMILES string of the molecule is CCCCOC(=O)[C@H](C)OC(=O)c1ccc(O)cc1. The lowest BCUT2D eigenvalue weighted by Gasteiger charge is -2.12. The number of carbonyl (C=O) groups excluding carboxylic acids is 2. The van der Waals surface area contributed by atoms with Crippen LogP contribution in [0.15, 0.2) is 24.3 Å². The van der Waals surface area contributed by atoms with Crippen molar-refractivity contribution in [3.8, 4) is 5.75 Å². The second-order valence-corrected chi connectivity index (χ2v) is 4.12. The number of hydrogen-bond donors (Lipinski definition) is 1. The van der Waals surface area contributed by atoms with Crippen LogP contribution >= 0.6 is 0 Å². The van der Waals surface area contributed by atoms with E-state index in [1.54, 1.807) is 0 Å². The van der Waals surface area contributed by atoms with Crippen LogP contribution in [0.2, 0.25) is 0 Å². The molecule has 1 rings (SSSR count). The van der Waals surface area contributed by atoms with Crippen molar-refractivity contribution in [2.75, 3.05) is 6.61 Å². The van der Waals surface area contributed by atoms with Gasteiger partial charge in [-0.1, -0.05) is 13.3 Å². The zero-order chi connectivity index (χ0) is 14.3. The number of ether oxygens (including phenoxy) is 2. The summed E-state index contributed by atoms with van der Waals surface area (Å²) < 4.78 is 9.92. The molecule has 5 heteroatoms. The van der Waals surface area contributed by atoms with Crippen molar-refractivity contribution in [1.82, 2.24) is 0 Å². The maximum Gasteiger partial charge on any atom is 0.347 e. The molecule has 0 amide bonds. The summed E-state index contributed by atoms with van der Waals surface area (Å²) in [6.07, 6.45) is 0.762. The fourth-order valence-electron chi connectivity index (χ4n) is 1.31. The fraction of sp³-hybridized carbons (Fsp3) is 0.429. The van der Waals surface area contributed by atoms with E-state index in [0.717, 1.165) is 12.8 Å². The highest BCUT2D eigenvalue weighted by molar-refractivity contribution is 5.91. The molecular weight excluding hydrogens is 248 g/mol. The van der Waals surface area contributed by atoms with Gasteiger partial charge in [0.05, 0.1) is 12.2 Å². The third-order valence-electron chi connectivity index (χ3n) is 2.46. The zero-order valence-corrected chi connectivity index (χ0v) is 11.1. The molecule has 1 atom stereocenters. The van der Waals surface area contributed by atoms with Gasteiger partial charge in [0.25, 0.3) is 0 Å². The Kier molecular flexibility index (Phi) is 5.85. The lowest BCUT2D eigenvalue weighted by molar-refractivity contribution is -0.153. The van der Waals surface area contributed by atoms with E-state index in [1.165, 1.54) is 31.2 Å². The van der Waals surface area contributed by atoms with Crippen LogP contribution in [0, 0.1) is 0 Å². The summed E-state index contributed by atoms with van der Waals surface area (Å²) >= 11 is 0. The summed E-state index contributed by atoms with van der Waals surface area (Å²) in [6, 6.07) is 5.60. The lowest BCUT2D eigenvalue weighted by atomic mass is 10.2. The van der Waals surface area contributed by atoms with Crippen LogP contribution in [0.5, 0.6) is 5.75 Å². The van der Waals surface area contributed by atoms with Crippen molar-refractivity contribution >= 4 is 11.9 Å². The molecule has 0 unspecified atom stereocenters. The molecule has 104 valence electrons. The van der Waals surface area contributed by atoms with E-state index in [4.69, 9.17) is 14.6 Å². The number of phenolic OH excluding ortho intramolecular Hbond substituents is 1. The molecule has 0 saturated carbocycles. The van der Waals surface area contributed by atoms with Crippen LogP contribution in [-0.4, -0.2) is 29.8 Å². The van der Waals surface area contributed by atoms with Gasteiger partial charge in [-0.2, -0.15) is 0 Å². The molecule has 19 heavy (non-hydrogen) atoms. The first-order chi connectivity index (χ1) is 9.04. The molecule has 0 spiro atoms. The molecule has 0 heterocycles. The molecule has 0 saturated heterocycles. The second kappa shape index (κ2) is 7.41. The Morgan fingerprint density at radius 2 is 1.89 bits per heavy atom. The van der Waals surface area contributed by atoms with Gasteiger partial charge in [0.1, 0.15) is 5.75 Å². The Bertz CT molecular complexity index is 424. The van der Waals surface area contributed by atoms with Gasteiger partial charge in [0, 0.05) is 0 Å². The molecule has 1 aromatic carbocycles. The van der Waals surface area contributed by atoms with E-state index in [0.29, 0.717) is 6.61 Å². The van der Waals surface area contributed by atoms with E-state index in [2.05, 4.69) is 0 Å². The highest BCUT2D eigenvalue weighted by atomic mass is 16.6. The van der Waals surface area contributed by atoms with Crippen LogP contribution in [0.4, 0.5) is 0 Å². The summed E-state index contributed by atoms with van der Waals surface area (Å²) in [6.45, 7) is 3.78. The van der Waals surface area contributed by atoms with Crippen molar-refractivity contribution in [2.24, 2.45) is 0 Å². The summed E-state index contributed by atoms with van der Waals surface area (Å²) in [7, 11) is 0. The van der Waals surface area contributed by atoms with E-state index in [9.17, 15) is 9.59 Å². The molecule has 0 fully saturated rings. The van der Waals surface area contributed by atoms with Gasteiger partial charge in [-0.15, -0.1) is 0 Å². The zero-order valence-electron chi connectivity index (χ0n) is 11.1. The second-order valence-electron chi connectivity index (χ2n) is 4.12. The highest BCUT2D eigenvalue weighted by Gasteiger charge is 2.20. The number of aromatic hydroxyl groups is 1. The summed E-state index contributed by atoms with van der Waals surface area (Å²) in [4.78, 5) is 23.2. The summed E-state index contributed by atoms with van der Waals surface area (Å²) in [5.74, 6) is -1.12. The molecular formula is C14H18O5. The number of unbranched alkanes of at least 4 members (excludes halogenated alkanes) is 1. The number of carbonyl (C=O) groups is 2. The number of rotatable bonds is 6. The number of esters is 2. The summed E-state index contributed by atoms with van der Waals surface area (Å²) in [5.41, 5.74) is 0.269. The van der Waals surface area contributed by atoms with Gasteiger partial charge < -0.3 is 14.6 Å². The van der Waals surface area contributed by atoms with Crippen LogP contribution in [0.25, 0.3) is 0 Å². The molecule has 0 aliphatic carbocycles.